The fourth-order valence-corrected chi connectivity index (χ4v) is 2.91. The summed E-state index contributed by atoms with van der Waals surface area (Å²) in [5, 5.41) is 0. The summed E-state index contributed by atoms with van der Waals surface area (Å²) in [4.78, 5) is 0. The van der Waals surface area contributed by atoms with Crippen LogP contribution in [0.15, 0.2) is 0 Å². The zero-order chi connectivity index (χ0) is 10.4. The molecule has 1 saturated carbocycles. The molecule has 0 radical (unpaired) electrons. The Balaban J connectivity index is 2.26. The van der Waals surface area contributed by atoms with E-state index >= 15 is 0 Å². The summed E-state index contributed by atoms with van der Waals surface area (Å²) < 4.78 is 0. The van der Waals surface area contributed by atoms with E-state index in [9.17, 15) is 0 Å². The minimum atomic E-state index is 0.957. The number of hydrogen-bond donors (Lipinski definition) is 0. The fourth-order valence-electron chi connectivity index (χ4n) is 2.91. The quantitative estimate of drug-likeness (QED) is 0.578. The first-order valence-electron chi connectivity index (χ1n) is 6.75. The predicted molar refractivity (Wildman–Crippen MR) is 64.4 cm³/mol. The first-order valence-corrected chi connectivity index (χ1v) is 6.75. The van der Waals surface area contributed by atoms with E-state index in [2.05, 4.69) is 20.8 Å². The zero-order valence-corrected chi connectivity index (χ0v) is 10.4. The first kappa shape index (κ1) is 12.1. The van der Waals surface area contributed by atoms with Gasteiger partial charge in [-0.15, -0.1) is 0 Å². The van der Waals surface area contributed by atoms with Gasteiger partial charge in [-0.05, 0) is 17.8 Å². The molecule has 0 heteroatoms. The molecule has 0 N–H and O–H groups in total. The molecule has 0 spiro atoms. The average Bonchev–Trinajstić information content (AvgIpc) is 2.26. The second kappa shape index (κ2) is 6.48. The van der Waals surface area contributed by atoms with E-state index in [1.807, 2.05) is 0 Å². The molecule has 1 fully saturated rings. The van der Waals surface area contributed by atoms with E-state index in [0.29, 0.717) is 0 Å². The minimum absolute atomic E-state index is 0.957. The van der Waals surface area contributed by atoms with Crippen LogP contribution in [0, 0.1) is 17.8 Å². The second-order valence-electron chi connectivity index (χ2n) is 5.38. The maximum atomic E-state index is 2.50. The van der Waals surface area contributed by atoms with Crippen LogP contribution in [0.5, 0.6) is 0 Å². The van der Waals surface area contributed by atoms with Crippen LogP contribution in [0.25, 0.3) is 0 Å². The lowest BCUT2D eigenvalue weighted by Crippen LogP contribution is -2.21. The SMILES string of the molecule is CCCC[C@@H](C)C(C)C1CCCCC1. The molecule has 1 aliphatic carbocycles. The van der Waals surface area contributed by atoms with Gasteiger partial charge in [0.05, 0.1) is 0 Å². The Morgan fingerprint density at radius 2 is 1.71 bits per heavy atom. The molecule has 0 saturated heterocycles. The van der Waals surface area contributed by atoms with Gasteiger partial charge < -0.3 is 0 Å². The summed E-state index contributed by atoms with van der Waals surface area (Å²) >= 11 is 0. The summed E-state index contributed by atoms with van der Waals surface area (Å²) in [5.74, 6) is 2.98. The number of unbranched alkanes of at least 4 members (excludes halogenated alkanes) is 1. The third-order valence-corrected chi connectivity index (χ3v) is 4.30. The topological polar surface area (TPSA) is 0 Å². The van der Waals surface area contributed by atoms with Crippen LogP contribution >= 0.6 is 0 Å². The largest absolute Gasteiger partial charge is 0.0654 e. The van der Waals surface area contributed by atoms with Crippen molar-refractivity contribution < 1.29 is 0 Å². The molecular weight excluding hydrogens is 168 g/mol. The molecule has 0 aromatic heterocycles. The molecule has 1 unspecified atom stereocenters. The van der Waals surface area contributed by atoms with Crippen molar-refractivity contribution in [2.75, 3.05) is 0 Å². The van der Waals surface area contributed by atoms with Crippen LogP contribution in [0.3, 0.4) is 0 Å². The Morgan fingerprint density at radius 3 is 2.29 bits per heavy atom. The first-order chi connectivity index (χ1) is 6.75. The van der Waals surface area contributed by atoms with Crippen LogP contribution in [0.1, 0.15) is 72.1 Å². The zero-order valence-electron chi connectivity index (χ0n) is 10.4. The maximum Gasteiger partial charge on any atom is -0.0386 e. The lowest BCUT2D eigenvalue weighted by atomic mass is 9.74. The van der Waals surface area contributed by atoms with E-state index in [-0.39, 0.29) is 0 Å². The van der Waals surface area contributed by atoms with Gasteiger partial charge in [-0.1, -0.05) is 72.1 Å². The Bertz CT molecular complexity index is 133. The van der Waals surface area contributed by atoms with Gasteiger partial charge in [-0.3, -0.25) is 0 Å². The summed E-state index contributed by atoms with van der Waals surface area (Å²) in [6.07, 6.45) is 11.8. The van der Waals surface area contributed by atoms with Crippen molar-refractivity contribution in [1.29, 1.82) is 0 Å². The van der Waals surface area contributed by atoms with Crippen LogP contribution in [0.4, 0.5) is 0 Å². The smallest absolute Gasteiger partial charge is 0.0386 e. The highest BCUT2D eigenvalue weighted by atomic mass is 14.3. The van der Waals surface area contributed by atoms with E-state index in [1.165, 1.54) is 51.4 Å². The second-order valence-corrected chi connectivity index (χ2v) is 5.38. The molecule has 1 rings (SSSR count). The number of rotatable bonds is 5. The third-order valence-electron chi connectivity index (χ3n) is 4.30. The average molecular weight is 196 g/mol. The highest BCUT2D eigenvalue weighted by molar-refractivity contribution is 4.74. The molecule has 1 aliphatic rings. The third kappa shape index (κ3) is 3.63. The van der Waals surface area contributed by atoms with Crippen LogP contribution < -0.4 is 0 Å². The van der Waals surface area contributed by atoms with E-state index in [4.69, 9.17) is 0 Å². The molecule has 0 aliphatic heterocycles. The molecule has 14 heavy (non-hydrogen) atoms. The molecule has 84 valence electrons. The van der Waals surface area contributed by atoms with Gasteiger partial charge in [0.1, 0.15) is 0 Å². The van der Waals surface area contributed by atoms with Crippen molar-refractivity contribution in [3.05, 3.63) is 0 Å². The van der Waals surface area contributed by atoms with Crippen molar-refractivity contribution in [3.8, 4) is 0 Å². The normalized spacial score (nSPS) is 23.4. The van der Waals surface area contributed by atoms with Gasteiger partial charge >= 0.3 is 0 Å². The molecule has 0 bridgehead atoms. The monoisotopic (exact) mass is 196 g/mol. The Hall–Kier alpha value is 0. The van der Waals surface area contributed by atoms with Gasteiger partial charge in [0.25, 0.3) is 0 Å². The summed E-state index contributed by atoms with van der Waals surface area (Å²) in [7, 11) is 0. The predicted octanol–water partition coefficient (Wildman–Crippen LogP) is 5.03. The van der Waals surface area contributed by atoms with Crippen molar-refractivity contribution >= 4 is 0 Å². The summed E-state index contributed by atoms with van der Waals surface area (Å²) in [6.45, 7) is 7.27. The Labute approximate surface area is 90.5 Å². The van der Waals surface area contributed by atoms with Crippen molar-refractivity contribution in [3.63, 3.8) is 0 Å². The van der Waals surface area contributed by atoms with Gasteiger partial charge in [-0.25, -0.2) is 0 Å². The highest BCUT2D eigenvalue weighted by Gasteiger charge is 2.23. The van der Waals surface area contributed by atoms with Crippen LogP contribution in [0.2, 0.25) is 0 Å². The highest BCUT2D eigenvalue weighted by Crippen LogP contribution is 2.35. The van der Waals surface area contributed by atoms with E-state index < -0.39 is 0 Å². The molecule has 0 nitrogen and oxygen atoms in total. The molecular formula is C14H28. The van der Waals surface area contributed by atoms with Crippen LogP contribution in [-0.2, 0) is 0 Å². The van der Waals surface area contributed by atoms with Crippen molar-refractivity contribution in [1.82, 2.24) is 0 Å². The fraction of sp³-hybridized carbons (Fsp3) is 1.00. The Morgan fingerprint density at radius 1 is 1.07 bits per heavy atom. The minimum Gasteiger partial charge on any atom is -0.0654 e. The van der Waals surface area contributed by atoms with Gasteiger partial charge in [0.15, 0.2) is 0 Å². The molecule has 0 aromatic rings. The van der Waals surface area contributed by atoms with Crippen molar-refractivity contribution in [2.24, 2.45) is 17.8 Å². The maximum absolute atomic E-state index is 2.50. The summed E-state index contributed by atoms with van der Waals surface area (Å²) in [5.41, 5.74) is 0. The van der Waals surface area contributed by atoms with Gasteiger partial charge in [0.2, 0.25) is 0 Å². The van der Waals surface area contributed by atoms with Crippen molar-refractivity contribution in [2.45, 2.75) is 72.1 Å². The van der Waals surface area contributed by atoms with Gasteiger partial charge in [0, 0.05) is 0 Å². The van der Waals surface area contributed by atoms with Crippen LogP contribution in [-0.4, -0.2) is 0 Å². The van der Waals surface area contributed by atoms with E-state index in [0.717, 1.165) is 17.8 Å². The molecule has 2 atom stereocenters. The lowest BCUT2D eigenvalue weighted by molar-refractivity contribution is 0.194. The van der Waals surface area contributed by atoms with E-state index in [1.54, 1.807) is 0 Å². The molecule has 0 amide bonds. The van der Waals surface area contributed by atoms with Gasteiger partial charge in [-0.2, -0.15) is 0 Å². The summed E-state index contributed by atoms with van der Waals surface area (Å²) in [6, 6.07) is 0. The molecule has 0 aromatic carbocycles. The molecule has 0 heterocycles. The Kier molecular flexibility index (Phi) is 5.59. The standard InChI is InChI=1S/C14H28/c1-4-5-9-12(2)13(3)14-10-7-6-8-11-14/h12-14H,4-11H2,1-3H3/t12-,13?/m1/s1. The lowest BCUT2D eigenvalue weighted by Gasteiger charge is -2.31. The number of hydrogen-bond acceptors (Lipinski definition) is 0.